The number of hydrogen-bond donors (Lipinski definition) is 3. The molecule has 0 bridgehead atoms. The molecule has 124 valence electrons. The van der Waals surface area contributed by atoms with Crippen LogP contribution in [0.25, 0.3) is 0 Å². The zero-order chi connectivity index (χ0) is 15.4. The van der Waals surface area contributed by atoms with Gasteiger partial charge in [0.05, 0.1) is 12.1 Å². The number of ether oxygens (including phenoxy) is 1. The van der Waals surface area contributed by atoms with Crippen LogP contribution in [0.3, 0.4) is 0 Å². The van der Waals surface area contributed by atoms with Gasteiger partial charge in [-0.15, -0.1) is 0 Å². The van der Waals surface area contributed by atoms with Crippen LogP contribution in [0.4, 0.5) is 0 Å². The molecule has 1 saturated heterocycles. The van der Waals surface area contributed by atoms with Gasteiger partial charge in [0.15, 0.2) is 5.96 Å². The zero-order valence-electron chi connectivity index (χ0n) is 13.5. The Morgan fingerprint density at radius 1 is 1.29 bits per heavy atom. The Labute approximate surface area is 133 Å². The summed E-state index contributed by atoms with van der Waals surface area (Å²) >= 11 is 1.80. The first-order valence-corrected chi connectivity index (χ1v) is 9.25. The Balaban J connectivity index is 2.19. The van der Waals surface area contributed by atoms with Gasteiger partial charge in [-0.3, -0.25) is 4.99 Å². The third-order valence-corrected chi connectivity index (χ3v) is 4.59. The molecule has 1 rings (SSSR count). The van der Waals surface area contributed by atoms with Crippen LogP contribution in [-0.4, -0.2) is 61.0 Å². The van der Waals surface area contributed by atoms with Gasteiger partial charge in [0.1, 0.15) is 0 Å². The Bertz CT molecular complexity index is 295. The highest BCUT2D eigenvalue weighted by Gasteiger charge is 2.31. The van der Waals surface area contributed by atoms with Gasteiger partial charge in [0, 0.05) is 32.1 Å². The average molecular weight is 317 g/mol. The highest BCUT2D eigenvalue weighted by molar-refractivity contribution is 7.99. The van der Waals surface area contributed by atoms with E-state index in [2.05, 4.69) is 22.5 Å². The Hall–Kier alpha value is -0.460. The van der Waals surface area contributed by atoms with Gasteiger partial charge >= 0.3 is 0 Å². The molecule has 1 aliphatic rings. The fourth-order valence-electron chi connectivity index (χ4n) is 2.02. The van der Waals surface area contributed by atoms with Crippen molar-refractivity contribution in [2.75, 3.05) is 44.4 Å². The standard InChI is InChI=1S/C15H31N3O2S/c1-3-5-9-20-10-6-8-17-14(16-4-2)18-12-15(19)7-11-21-13-15/h19H,3-13H2,1-2H3,(H2,16,17,18). The van der Waals surface area contributed by atoms with Gasteiger partial charge in [-0.1, -0.05) is 13.3 Å². The predicted octanol–water partition coefficient (Wildman–Crippen LogP) is 1.62. The molecule has 0 aromatic rings. The van der Waals surface area contributed by atoms with Crippen molar-refractivity contribution in [3.8, 4) is 0 Å². The van der Waals surface area contributed by atoms with Crippen LogP contribution in [0.2, 0.25) is 0 Å². The van der Waals surface area contributed by atoms with Crippen molar-refractivity contribution in [2.45, 2.75) is 45.1 Å². The number of rotatable bonds is 10. The van der Waals surface area contributed by atoms with E-state index < -0.39 is 5.60 Å². The number of guanidine groups is 1. The molecule has 21 heavy (non-hydrogen) atoms. The first-order chi connectivity index (χ1) is 10.2. The van der Waals surface area contributed by atoms with E-state index in [9.17, 15) is 5.11 Å². The molecule has 6 heteroatoms. The van der Waals surface area contributed by atoms with Crippen LogP contribution in [0.15, 0.2) is 4.99 Å². The normalized spacial score (nSPS) is 22.5. The maximum atomic E-state index is 10.3. The molecular formula is C15H31N3O2S. The summed E-state index contributed by atoms with van der Waals surface area (Å²) in [6, 6.07) is 0. The molecule has 0 radical (unpaired) electrons. The Kier molecular flexibility index (Phi) is 9.87. The summed E-state index contributed by atoms with van der Waals surface area (Å²) < 4.78 is 5.53. The number of hydrogen-bond acceptors (Lipinski definition) is 4. The van der Waals surface area contributed by atoms with Gasteiger partial charge in [0.25, 0.3) is 0 Å². The maximum absolute atomic E-state index is 10.3. The van der Waals surface area contributed by atoms with Crippen LogP contribution in [0.5, 0.6) is 0 Å². The first kappa shape index (κ1) is 18.6. The van der Waals surface area contributed by atoms with Gasteiger partial charge in [-0.2, -0.15) is 11.8 Å². The number of unbranched alkanes of at least 4 members (excludes halogenated alkanes) is 1. The molecule has 1 unspecified atom stereocenters. The van der Waals surface area contributed by atoms with Gasteiger partial charge in [0.2, 0.25) is 0 Å². The lowest BCUT2D eigenvalue weighted by Gasteiger charge is -2.19. The molecule has 1 fully saturated rings. The number of aliphatic hydroxyl groups is 1. The summed E-state index contributed by atoms with van der Waals surface area (Å²) in [5.41, 5.74) is -0.615. The van der Waals surface area contributed by atoms with Crippen molar-refractivity contribution in [1.29, 1.82) is 0 Å². The van der Waals surface area contributed by atoms with Crippen molar-refractivity contribution < 1.29 is 9.84 Å². The van der Waals surface area contributed by atoms with E-state index in [1.54, 1.807) is 11.8 Å². The topological polar surface area (TPSA) is 65.9 Å². The van der Waals surface area contributed by atoms with Crippen molar-refractivity contribution in [2.24, 2.45) is 4.99 Å². The SMILES string of the molecule is CCCCOCCCNC(=NCC1(O)CCSC1)NCC. The summed E-state index contributed by atoms with van der Waals surface area (Å²) in [6.45, 7) is 7.99. The molecule has 0 spiro atoms. The predicted molar refractivity (Wildman–Crippen MR) is 91.2 cm³/mol. The van der Waals surface area contributed by atoms with E-state index in [0.717, 1.165) is 63.0 Å². The number of aliphatic imine (C=N–C) groups is 1. The Morgan fingerprint density at radius 2 is 2.10 bits per heavy atom. The van der Waals surface area contributed by atoms with E-state index in [-0.39, 0.29) is 0 Å². The van der Waals surface area contributed by atoms with Gasteiger partial charge < -0.3 is 20.5 Å². The monoisotopic (exact) mass is 317 g/mol. The van der Waals surface area contributed by atoms with Crippen LogP contribution in [0, 0.1) is 0 Å². The number of nitrogens with one attached hydrogen (secondary N) is 2. The third kappa shape index (κ3) is 8.53. The lowest BCUT2D eigenvalue weighted by molar-refractivity contribution is 0.0778. The van der Waals surface area contributed by atoms with E-state index in [4.69, 9.17) is 4.74 Å². The fraction of sp³-hybridized carbons (Fsp3) is 0.933. The summed E-state index contributed by atoms with van der Waals surface area (Å²) in [6.07, 6.45) is 4.12. The minimum absolute atomic E-state index is 0.475. The summed E-state index contributed by atoms with van der Waals surface area (Å²) in [5, 5.41) is 16.8. The molecule has 3 N–H and O–H groups in total. The van der Waals surface area contributed by atoms with Gasteiger partial charge in [-0.05, 0) is 31.9 Å². The molecule has 1 aliphatic heterocycles. The van der Waals surface area contributed by atoms with E-state index in [0.29, 0.717) is 6.54 Å². The van der Waals surface area contributed by atoms with Crippen LogP contribution in [-0.2, 0) is 4.74 Å². The lowest BCUT2D eigenvalue weighted by Crippen LogP contribution is -2.40. The lowest BCUT2D eigenvalue weighted by atomic mass is 10.1. The molecule has 0 amide bonds. The molecule has 0 aromatic heterocycles. The molecule has 1 atom stereocenters. The molecule has 0 aliphatic carbocycles. The number of nitrogens with zero attached hydrogens (tertiary/aromatic N) is 1. The summed E-state index contributed by atoms with van der Waals surface area (Å²) in [4.78, 5) is 4.50. The second kappa shape index (κ2) is 11.2. The molecule has 0 saturated carbocycles. The quantitative estimate of drug-likeness (QED) is 0.325. The molecular weight excluding hydrogens is 286 g/mol. The van der Waals surface area contributed by atoms with Crippen molar-refractivity contribution in [3.05, 3.63) is 0 Å². The smallest absolute Gasteiger partial charge is 0.191 e. The largest absolute Gasteiger partial charge is 0.387 e. The second-order valence-electron chi connectivity index (χ2n) is 5.47. The van der Waals surface area contributed by atoms with Crippen molar-refractivity contribution in [3.63, 3.8) is 0 Å². The third-order valence-electron chi connectivity index (χ3n) is 3.36. The van der Waals surface area contributed by atoms with Crippen LogP contribution in [0.1, 0.15) is 39.5 Å². The summed E-state index contributed by atoms with van der Waals surface area (Å²) in [5.74, 6) is 2.61. The zero-order valence-corrected chi connectivity index (χ0v) is 14.3. The Morgan fingerprint density at radius 3 is 2.76 bits per heavy atom. The van der Waals surface area contributed by atoms with E-state index >= 15 is 0 Å². The first-order valence-electron chi connectivity index (χ1n) is 8.10. The fourth-order valence-corrected chi connectivity index (χ4v) is 3.30. The highest BCUT2D eigenvalue weighted by Crippen LogP contribution is 2.27. The van der Waals surface area contributed by atoms with Gasteiger partial charge in [-0.25, -0.2) is 0 Å². The van der Waals surface area contributed by atoms with E-state index in [1.165, 1.54) is 6.42 Å². The molecule has 0 aromatic carbocycles. The van der Waals surface area contributed by atoms with Crippen molar-refractivity contribution in [1.82, 2.24) is 10.6 Å². The average Bonchev–Trinajstić information content (AvgIpc) is 2.91. The summed E-state index contributed by atoms with van der Waals surface area (Å²) in [7, 11) is 0. The molecule has 1 heterocycles. The number of thioether (sulfide) groups is 1. The van der Waals surface area contributed by atoms with Crippen molar-refractivity contribution >= 4 is 17.7 Å². The molecule has 5 nitrogen and oxygen atoms in total. The minimum Gasteiger partial charge on any atom is -0.387 e. The minimum atomic E-state index is -0.615. The highest BCUT2D eigenvalue weighted by atomic mass is 32.2. The van der Waals surface area contributed by atoms with E-state index in [1.807, 2.05) is 6.92 Å². The maximum Gasteiger partial charge on any atom is 0.191 e. The second-order valence-corrected chi connectivity index (χ2v) is 6.57. The van der Waals surface area contributed by atoms with Crippen LogP contribution < -0.4 is 10.6 Å². The van der Waals surface area contributed by atoms with Crippen LogP contribution >= 0.6 is 11.8 Å².